The van der Waals surface area contributed by atoms with Gasteiger partial charge in [0, 0.05) is 11.0 Å². The molecule has 24 heavy (non-hydrogen) atoms. The lowest BCUT2D eigenvalue weighted by molar-refractivity contribution is -0.318. The monoisotopic (exact) mass is 328 g/mol. The lowest BCUT2D eigenvalue weighted by Gasteiger charge is -2.43. The number of rotatable bonds is 2. The normalized spacial score (nSPS) is 22.2. The van der Waals surface area contributed by atoms with Gasteiger partial charge in [-0.25, -0.2) is 4.89 Å². The fourth-order valence-electron chi connectivity index (χ4n) is 3.12. The van der Waals surface area contributed by atoms with E-state index in [1.54, 1.807) is 6.08 Å². The van der Waals surface area contributed by atoms with E-state index in [1.807, 2.05) is 78.8 Å². The van der Waals surface area contributed by atoms with Gasteiger partial charge in [0.15, 0.2) is 11.4 Å². The lowest BCUT2D eigenvalue weighted by Crippen LogP contribution is -2.53. The van der Waals surface area contributed by atoms with E-state index in [0.29, 0.717) is 5.57 Å². The molecule has 0 saturated heterocycles. The third-order valence-electron chi connectivity index (χ3n) is 4.76. The zero-order valence-corrected chi connectivity index (χ0v) is 15.7. The van der Waals surface area contributed by atoms with Crippen molar-refractivity contribution >= 4 is 11.4 Å². The Balaban J connectivity index is 2.79. The van der Waals surface area contributed by atoms with Crippen LogP contribution in [-0.2, 0) is 9.68 Å². The van der Waals surface area contributed by atoms with Crippen LogP contribution in [0.2, 0.25) is 0 Å². The van der Waals surface area contributed by atoms with Crippen molar-refractivity contribution in [3.63, 3.8) is 0 Å². The lowest BCUT2D eigenvalue weighted by atomic mass is 9.64. The second kappa shape index (κ2) is 5.98. The van der Waals surface area contributed by atoms with Crippen molar-refractivity contribution in [3.05, 3.63) is 53.1 Å². The van der Waals surface area contributed by atoms with Crippen LogP contribution in [0, 0.1) is 17.8 Å². The maximum Gasteiger partial charge on any atom is 0.199 e. The van der Waals surface area contributed by atoms with E-state index in [4.69, 9.17) is 4.89 Å². The summed E-state index contributed by atoms with van der Waals surface area (Å²) in [6, 6.07) is 8.03. The smallest absolute Gasteiger partial charge is 0.199 e. The van der Waals surface area contributed by atoms with Gasteiger partial charge < -0.3 is 0 Å². The highest BCUT2D eigenvalue weighted by Gasteiger charge is 2.53. The number of aryl methyl sites for hydroxylation is 1. The molecule has 0 fully saturated rings. The fraction of sp³-hybridized carbons (Fsp3) is 0.476. The van der Waals surface area contributed by atoms with Crippen LogP contribution in [0.3, 0.4) is 0 Å². The number of allylic oxidation sites excluding steroid dienone is 2. The largest absolute Gasteiger partial charge is 0.291 e. The Morgan fingerprint density at radius 3 is 2.08 bits per heavy atom. The Morgan fingerprint density at radius 2 is 1.62 bits per heavy atom. The zero-order valence-electron chi connectivity index (χ0n) is 15.7. The van der Waals surface area contributed by atoms with Gasteiger partial charge in [-0.2, -0.15) is 0 Å². The first-order valence-corrected chi connectivity index (χ1v) is 8.32. The molecule has 0 heterocycles. The van der Waals surface area contributed by atoms with Gasteiger partial charge in [0.25, 0.3) is 0 Å². The first-order valence-electron chi connectivity index (χ1n) is 8.32. The molecule has 1 atom stereocenters. The summed E-state index contributed by atoms with van der Waals surface area (Å²) in [4.78, 5) is 18.1. The van der Waals surface area contributed by atoms with Crippen molar-refractivity contribution in [2.45, 2.75) is 54.1 Å². The number of carbonyl (C=O) groups excluding carboxylic acids is 1. The van der Waals surface area contributed by atoms with Gasteiger partial charge in [-0.05, 0) is 41.2 Å². The molecular weight excluding hydrogens is 300 g/mol. The molecule has 0 saturated carbocycles. The van der Waals surface area contributed by atoms with E-state index in [9.17, 15) is 10.1 Å². The molecule has 3 heteroatoms. The molecule has 0 bridgehead atoms. The minimum atomic E-state index is -1.40. The van der Waals surface area contributed by atoms with Crippen LogP contribution in [0.15, 0.2) is 42.0 Å². The van der Waals surface area contributed by atoms with Gasteiger partial charge >= 0.3 is 0 Å². The predicted molar refractivity (Wildman–Crippen MR) is 97.6 cm³/mol. The zero-order chi connectivity index (χ0) is 18.3. The summed E-state index contributed by atoms with van der Waals surface area (Å²) < 4.78 is 0. The SMILES string of the molecule is Cc1ccccc1C1=CC(OO)(C(C)(C)C)C(=O)C(C(C)(C)C)=C1. The maximum atomic E-state index is 13.2. The molecule has 130 valence electrons. The summed E-state index contributed by atoms with van der Waals surface area (Å²) in [7, 11) is 0. The molecule has 0 radical (unpaired) electrons. The van der Waals surface area contributed by atoms with Gasteiger partial charge in [-0.1, -0.05) is 65.8 Å². The third-order valence-corrected chi connectivity index (χ3v) is 4.76. The molecule has 1 N–H and O–H groups in total. The van der Waals surface area contributed by atoms with Crippen LogP contribution in [0.25, 0.3) is 5.57 Å². The Hall–Kier alpha value is -1.71. The molecule has 0 aromatic heterocycles. The second-order valence-corrected chi connectivity index (χ2v) is 8.63. The minimum Gasteiger partial charge on any atom is -0.291 e. The summed E-state index contributed by atoms with van der Waals surface area (Å²) in [6.45, 7) is 13.7. The Bertz CT molecular complexity index is 711. The van der Waals surface area contributed by atoms with E-state index < -0.39 is 11.0 Å². The minimum absolute atomic E-state index is 0.178. The van der Waals surface area contributed by atoms with E-state index in [0.717, 1.165) is 16.7 Å². The van der Waals surface area contributed by atoms with Crippen LogP contribution in [-0.4, -0.2) is 16.6 Å². The van der Waals surface area contributed by atoms with Gasteiger partial charge in [0.05, 0.1) is 0 Å². The van der Waals surface area contributed by atoms with E-state index in [1.165, 1.54) is 0 Å². The summed E-state index contributed by atoms with van der Waals surface area (Å²) in [6.07, 6.45) is 3.71. The number of hydrogen-bond donors (Lipinski definition) is 1. The van der Waals surface area contributed by atoms with Crippen LogP contribution >= 0.6 is 0 Å². The Labute approximate surface area is 145 Å². The van der Waals surface area contributed by atoms with Crippen molar-refractivity contribution < 1.29 is 14.9 Å². The topological polar surface area (TPSA) is 46.5 Å². The van der Waals surface area contributed by atoms with E-state index >= 15 is 0 Å². The van der Waals surface area contributed by atoms with Crippen LogP contribution in [0.1, 0.15) is 52.7 Å². The Morgan fingerprint density at radius 1 is 1.04 bits per heavy atom. The van der Waals surface area contributed by atoms with Crippen molar-refractivity contribution in [2.75, 3.05) is 0 Å². The fourth-order valence-corrected chi connectivity index (χ4v) is 3.12. The first kappa shape index (κ1) is 18.6. The molecule has 1 aliphatic carbocycles. The van der Waals surface area contributed by atoms with Crippen LogP contribution in [0.5, 0.6) is 0 Å². The molecule has 3 nitrogen and oxygen atoms in total. The Kier molecular flexibility index (Phi) is 4.64. The highest BCUT2D eigenvalue weighted by Crippen LogP contribution is 2.46. The molecule has 0 amide bonds. The third kappa shape index (κ3) is 2.99. The molecular formula is C21H28O3. The van der Waals surface area contributed by atoms with Gasteiger partial charge in [-0.3, -0.25) is 10.1 Å². The molecule has 2 rings (SSSR count). The van der Waals surface area contributed by atoms with E-state index in [-0.39, 0.29) is 11.2 Å². The first-order chi connectivity index (χ1) is 10.9. The van der Waals surface area contributed by atoms with Crippen molar-refractivity contribution in [1.82, 2.24) is 0 Å². The van der Waals surface area contributed by atoms with Gasteiger partial charge in [-0.15, -0.1) is 0 Å². The predicted octanol–water partition coefficient (Wildman–Crippen LogP) is 5.21. The number of ketones is 1. The highest BCUT2D eigenvalue weighted by molar-refractivity contribution is 6.10. The summed E-state index contributed by atoms with van der Waals surface area (Å²) in [5, 5.41) is 9.77. The van der Waals surface area contributed by atoms with Crippen molar-refractivity contribution in [3.8, 4) is 0 Å². The molecule has 1 unspecified atom stereocenters. The summed E-state index contributed by atoms with van der Waals surface area (Å²) in [5.41, 5.74) is 1.36. The summed E-state index contributed by atoms with van der Waals surface area (Å²) in [5.74, 6) is -0.178. The molecule has 0 aliphatic heterocycles. The second-order valence-electron chi connectivity index (χ2n) is 8.63. The molecule has 1 aliphatic rings. The number of hydrogen-bond acceptors (Lipinski definition) is 3. The highest BCUT2D eigenvalue weighted by atomic mass is 17.1. The maximum absolute atomic E-state index is 13.2. The average Bonchev–Trinajstić information content (AvgIpc) is 2.46. The van der Waals surface area contributed by atoms with Crippen LogP contribution < -0.4 is 0 Å². The standard InChI is InChI=1S/C21H28O3/c1-14-10-8-9-11-16(14)15-12-17(19(2,3)4)18(22)21(13-15,24-23)20(5,6)7/h8-13,23H,1-7H3. The number of benzene rings is 1. The summed E-state index contributed by atoms with van der Waals surface area (Å²) >= 11 is 0. The number of carbonyl (C=O) groups is 1. The van der Waals surface area contributed by atoms with Crippen LogP contribution in [0.4, 0.5) is 0 Å². The average molecular weight is 328 g/mol. The van der Waals surface area contributed by atoms with Crippen molar-refractivity contribution in [1.29, 1.82) is 0 Å². The number of Topliss-reactive ketones (excluding diaryl/α,β-unsaturated/α-hetero) is 1. The molecule has 0 spiro atoms. The van der Waals surface area contributed by atoms with Gasteiger partial charge in [0.1, 0.15) is 0 Å². The molecule has 1 aromatic carbocycles. The van der Waals surface area contributed by atoms with Gasteiger partial charge in [0.2, 0.25) is 0 Å². The van der Waals surface area contributed by atoms with E-state index in [2.05, 4.69) is 0 Å². The van der Waals surface area contributed by atoms with Crippen molar-refractivity contribution in [2.24, 2.45) is 10.8 Å². The molecule has 1 aromatic rings. The quantitative estimate of drug-likeness (QED) is 0.599.